The molecule has 1 N–H and O–H groups in total. The van der Waals surface area contributed by atoms with Crippen LogP contribution >= 0.6 is 0 Å². The van der Waals surface area contributed by atoms with E-state index in [4.69, 9.17) is 4.74 Å². The Morgan fingerprint density at radius 3 is 2.24 bits per heavy atom. The number of nitrogens with one attached hydrogen (secondary N) is 1. The molecule has 2 aromatic carbocycles. The number of pyridine rings is 1. The number of carbonyl (C=O) groups is 1. The molecule has 8 heteroatoms. The van der Waals surface area contributed by atoms with Crippen molar-refractivity contribution in [2.45, 2.75) is 32.9 Å². The molecule has 1 saturated heterocycles. The van der Waals surface area contributed by atoms with Gasteiger partial charge in [-0.15, -0.1) is 0 Å². The molecule has 5 rings (SSSR count). The van der Waals surface area contributed by atoms with Crippen LogP contribution in [-0.4, -0.2) is 39.8 Å². The van der Waals surface area contributed by atoms with E-state index < -0.39 is 5.69 Å². The van der Waals surface area contributed by atoms with Crippen LogP contribution in [-0.2, 0) is 17.8 Å². The molecule has 0 atom stereocenters. The van der Waals surface area contributed by atoms with Gasteiger partial charge in [0.05, 0.1) is 31.7 Å². The summed E-state index contributed by atoms with van der Waals surface area (Å²) in [6.07, 6.45) is 1.59. The molecule has 1 aliphatic rings. The SMILES string of the molecule is CC(C)c1ccc(Cn2c(=O)n(Cc3ccc(C(=O)NCC4COC4)cc3)c(=O)c3cccnc32)cc1. The fraction of sp³-hybridized carbons (Fsp3) is 0.310. The van der Waals surface area contributed by atoms with Crippen molar-refractivity contribution in [3.05, 3.63) is 110 Å². The molecular formula is C29H30N4O4. The lowest BCUT2D eigenvalue weighted by Crippen LogP contribution is -2.41. The van der Waals surface area contributed by atoms with Crippen molar-refractivity contribution in [2.24, 2.45) is 5.92 Å². The molecule has 0 spiro atoms. The lowest BCUT2D eigenvalue weighted by atomic mass is 10.0. The van der Waals surface area contributed by atoms with E-state index in [2.05, 4.69) is 36.3 Å². The topological polar surface area (TPSA) is 95.2 Å². The summed E-state index contributed by atoms with van der Waals surface area (Å²) < 4.78 is 7.92. The first-order valence-electron chi connectivity index (χ1n) is 12.5. The third kappa shape index (κ3) is 5.24. The van der Waals surface area contributed by atoms with E-state index in [1.165, 1.54) is 10.1 Å². The minimum absolute atomic E-state index is 0.0934. The van der Waals surface area contributed by atoms with Gasteiger partial charge in [0.1, 0.15) is 5.65 Å². The number of hydrogen-bond acceptors (Lipinski definition) is 5. The van der Waals surface area contributed by atoms with E-state index >= 15 is 0 Å². The van der Waals surface area contributed by atoms with Crippen molar-refractivity contribution in [3.8, 4) is 0 Å². The zero-order valence-electron chi connectivity index (χ0n) is 21.0. The molecule has 2 aromatic heterocycles. The van der Waals surface area contributed by atoms with Crippen molar-refractivity contribution in [1.82, 2.24) is 19.4 Å². The van der Waals surface area contributed by atoms with Crippen molar-refractivity contribution in [3.63, 3.8) is 0 Å². The first-order valence-corrected chi connectivity index (χ1v) is 12.5. The molecule has 4 aromatic rings. The Labute approximate surface area is 214 Å². The normalized spacial score (nSPS) is 13.6. The second-order valence-electron chi connectivity index (χ2n) is 9.84. The number of hydrogen-bond donors (Lipinski definition) is 1. The first kappa shape index (κ1) is 24.6. The fourth-order valence-corrected chi connectivity index (χ4v) is 4.41. The molecule has 1 aliphatic heterocycles. The number of fused-ring (bicyclic) bond motifs is 1. The average Bonchev–Trinajstić information content (AvgIpc) is 2.88. The third-order valence-corrected chi connectivity index (χ3v) is 6.78. The van der Waals surface area contributed by atoms with Crippen LogP contribution in [0.5, 0.6) is 0 Å². The zero-order valence-corrected chi connectivity index (χ0v) is 21.0. The second kappa shape index (κ2) is 10.5. The fourth-order valence-electron chi connectivity index (χ4n) is 4.41. The molecular weight excluding hydrogens is 468 g/mol. The number of nitrogens with zero attached hydrogens (tertiary/aromatic N) is 3. The predicted octanol–water partition coefficient (Wildman–Crippen LogP) is 3.15. The molecule has 0 bridgehead atoms. The van der Waals surface area contributed by atoms with Crippen LogP contribution in [0.15, 0.2) is 76.4 Å². The summed E-state index contributed by atoms with van der Waals surface area (Å²) in [5.74, 6) is 0.627. The van der Waals surface area contributed by atoms with Gasteiger partial charge in [0, 0.05) is 24.2 Å². The van der Waals surface area contributed by atoms with E-state index in [1.54, 1.807) is 47.2 Å². The van der Waals surface area contributed by atoms with Gasteiger partial charge < -0.3 is 10.1 Å². The van der Waals surface area contributed by atoms with Crippen molar-refractivity contribution >= 4 is 16.9 Å². The van der Waals surface area contributed by atoms with Gasteiger partial charge in [-0.05, 0) is 46.9 Å². The van der Waals surface area contributed by atoms with Crippen molar-refractivity contribution in [2.75, 3.05) is 19.8 Å². The summed E-state index contributed by atoms with van der Waals surface area (Å²) >= 11 is 0. The van der Waals surface area contributed by atoms with Gasteiger partial charge in [-0.2, -0.15) is 0 Å². The maximum absolute atomic E-state index is 13.6. The highest BCUT2D eigenvalue weighted by molar-refractivity contribution is 5.94. The Morgan fingerprint density at radius 1 is 0.973 bits per heavy atom. The molecule has 0 unspecified atom stereocenters. The van der Waals surface area contributed by atoms with Crippen LogP contribution in [0.1, 0.15) is 46.8 Å². The van der Waals surface area contributed by atoms with Gasteiger partial charge in [0.2, 0.25) is 0 Å². The second-order valence-corrected chi connectivity index (χ2v) is 9.84. The lowest BCUT2D eigenvalue weighted by Gasteiger charge is -2.25. The largest absolute Gasteiger partial charge is 0.381 e. The summed E-state index contributed by atoms with van der Waals surface area (Å²) in [4.78, 5) is 43.6. The molecule has 190 valence electrons. The molecule has 0 radical (unpaired) electrons. The highest BCUT2D eigenvalue weighted by Crippen LogP contribution is 2.16. The van der Waals surface area contributed by atoms with Gasteiger partial charge in [0.25, 0.3) is 11.5 Å². The van der Waals surface area contributed by atoms with Crippen molar-refractivity contribution < 1.29 is 9.53 Å². The van der Waals surface area contributed by atoms with Crippen LogP contribution in [0, 0.1) is 5.92 Å². The van der Waals surface area contributed by atoms with Crippen LogP contribution in [0.25, 0.3) is 11.0 Å². The molecule has 8 nitrogen and oxygen atoms in total. The van der Waals surface area contributed by atoms with E-state index in [0.29, 0.717) is 54.7 Å². The van der Waals surface area contributed by atoms with E-state index in [9.17, 15) is 14.4 Å². The van der Waals surface area contributed by atoms with Crippen molar-refractivity contribution in [1.29, 1.82) is 0 Å². The van der Waals surface area contributed by atoms with Crippen LogP contribution < -0.4 is 16.6 Å². The number of amides is 1. The third-order valence-electron chi connectivity index (χ3n) is 6.78. The van der Waals surface area contributed by atoms with Gasteiger partial charge in [0.15, 0.2) is 0 Å². The van der Waals surface area contributed by atoms with Crippen LogP contribution in [0.3, 0.4) is 0 Å². The van der Waals surface area contributed by atoms with E-state index in [0.717, 1.165) is 11.1 Å². The highest BCUT2D eigenvalue weighted by atomic mass is 16.5. The smallest absolute Gasteiger partial charge is 0.333 e. The Balaban J connectivity index is 1.43. The van der Waals surface area contributed by atoms with Gasteiger partial charge in [-0.1, -0.05) is 50.2 Å². The summed E-state index contributed by atoms with van der Waals surface area (Å²) in [5, 5.41) is 3.30. The highest BCUT2D eigenvalue weighted by Gasteiger charge is 2.19. The molecule has 0 saturated carbocycles. The maximum atomic E-state index is 13.6. The number of ether oxygens (including phenoxy) is 1. The monoisotopic (exact) mass is 498 g/mol. The molecule has 0 aliphatic carbocycles. The van der Waals surface area contributed by atoms with E-state index in [-0.39, 0.29) is 18.0 Å². The first-order chi connectivity index (χ1) is 17.9. The Bertz CT molecular complexity index is 1530. The van der Waals surface area contributed by atoms with Gasteiger partial charge >= 0.3 is 5.69 Å². The average molecular weight is 499 g/mol. The number of rotatable bonds is 8. The van der Waals surface area contributed by atoms with Crippen LogP contribution in [0.2, 0.25) is 0 Å². The summed E-state index contributed by atoms with van der Waals surface area (Å²) in [5.41, 5.74) is 3.01. The molecule has 1 amide bonds. The zero-order chi connectivity index (χ0) is 25.9. The molecule has 3 heterocycles. The Hall–Kier alpha value is -4.04. The Morgan fingerprint density at radius 2 is 1.62 bits per heavy atom. The molecule has 1 fully saturated rings. The summed E-state index contributed by atoms with van der Waals surface area (Å²) in [6, 6.07) is 18.5. The minimum atomic E-state index is -0.423. The van der Waals surface area contributed by atoms with Crippen LogP contribution in [0.4, 0.5) is 0 Å². The standard InChI is InChI=1S/C29H30N4O4/c1-19(2)23-9-5-20(6-10-23)15-32-26-25(4-3-13-30-26)28(35)33(29(32)36)16-21-7-11-24(12-8-21)27(34)31-14-22-17-37-18-22/h3-13,19,22H,14-18H2,1-2H3,(H,31,34). The minimum Gasteiger partial charge on any atom is -0.381 e. The molecule has 37 heavy (non-hydrogen) atoms. The number of aromatic nitrogens is 3. The van der Waals surface area contributed by atoms with Gasteiger partial charge in [-0.3, -0.25) is 18.7 Å². The summed E-state index contributed by atoms with van der Waals surface area (Å²) in [6.45, 7) is 6.60. The van der Waals surface area contributed by atoms with Gasteiger partial charge in [-0.25, -0.2) is 9.78 Å². The maximum Gasteiger partial charge on any atom is 0.333 e. The Kier molecular flexibility index (Phi) is 7.01. The lowest BCUT2D eigenvalue weighted by molar-refractivity contribution is -0.0298. The summed E-state index contributed by atoms with van der Waals surface area (Å²) in [7, 11) is 0. The predicted molar refractivity (Wildman–Crippen MR) is 142 cm³/mol. The number of benzene rings is 2. The quantitative estimate of drug-likeness (QED) is 0.403. The number of carbonyl (C=O) groups excluding carboxylic acids is 1. The van der Waals surface area contributed by atoms with E-state index in [1.807, 2.05) is 12.1 Å².